The van der Waals surface area contributed by atoms with Crippen LogP contribution in [0.3, 0.4) is 0 Å². The minimum Gasteiger partial charge on any atom is -0.380 e. The van der Waals surface area contributed by atoms with E-state index in [-0.39, 0.29) is 11.9 Å². The highest BCUT2D eigenvalue weighted by molar-refractivity contribution is 6.03. The van der Waals surface area contributed by atoms with Crippen LogP contribution < -0.4 is 15.5 Å². The second-order valence-electron chi connectivity index (χ2n) is 5.47. The number of benzene rings is 1. The van der Waals surface area contributed by atoms with Crippen molar-refractivity contribution in [2.45, 2.75) is 12.5 Å². The Morgan fingerprint density at radius 1 is 1.48 bits per heavy atom. The summed E-state index contributed by atoms with van der Waals surface area (Å²) in [6.45, 7) is 2.59. The van der Waals surface area contributed by atoms with Gasteiger partial charge in [0.05, 0.1) is 6.61 Å². The summed E-state index contributed by atoms with van der Waals surface area (Å²) < 4.78 is 5.18. The molecule has 1 aromatic carbocycles. The second-order valence-corrected chi connectivity index (χ2v) is 5.47. The maximum Gasteiger partial charge on any atom is 0.246 e. The van der Waals surface area contributed by atoms with Crippen molar-refractivity contribution in [2.24, 2.45) is 0 Å². The van der Waals surface area contributed by atoms with Gasteiger partial charge < -0.3 is 20.3 Å². The van der Waals surface area contributed by atoms with Crippen LogP contribution in [0.25, 0.3) is 0 Å². The molecule has 0 radical (unpaired) electrons. The van der Waals surface area contributed by atoms with Crippen LogP contribution in [0.15, 0.2) is 29.8 Å². The highest BCUT2D eigenvalue weighted by atomic mass is 16.5. The summed E-state index contributed by atoms with van der Waals surface area (Å²) in [4.78, 5) is 14.2. The van der Waals surface area contributed by atoms with E-state index < -0.39 is 0 Å². The van der Waals surface area contributed by atoms with E-state index in [9.17, 15) is 4.79 Å². The third-order valence-corrected chi connectivity index (χ3v) is 4.15. The van der Waals surface area contributed by atoms with Crippen molar-refractivity contribution in [3.05, 3.63) is 35.4 Å². The van der Waals surface area contributed by atoms with Crippen LogP contribution in [0, 0.1) is 0 Å². The quantitative estimate of drug-likeness (QED) is 0.827. The summed E-state index contributed by atoms with van der Waals surface area (Å²) in [6.07, 6.45) is 3.26. The Balaban J connectivity index is 1.77. The van der Waals surface area contributed by atoms with Gasteiger partial charge in [-0.2, -0.15) is 0 Å². The second kappa shape index (κ2) is 5.87. The summed E-state index contributed by atoms with van der Waals surface area (Å²) in [5.41, 5.74) is 4.46. The van der Waals surface area contributed by atoms with Crippen LogP contribution in [-0.2, 0) is 9.53 Å². The number of likely N-dealkylation sites (N-methyl/N-ethyl adjacent to an activating group) is 1. The molecule has 2 aliphatic heterocycles. The monoisotopic (exact) mass is 287 g/mol. The molecule has 2 N–H and O–H groups in total. The number of hydrogen-bond donors (Lipinski definition) is 2. The van der Waals surface area contributed by atoms with Crippen LogP contribution in [0.4, 0.5) is 11.4 Å². The molecule has 112 valence electrons. The summed E-state index contributed by atoms with van der Waals surface area (Å²) in [5.74, 6) is 0.0190. The lowest BCUT2D eigenvalue weighted by Crippen LogP contribution is -2.29. The van der Waals surface area contributed by atoms with Gasteiger partial charge >= 0.3 is 0 Å². The predicted octanol–water partition coefficient (Wildman–Crippen LogP) is 1.68. The van der Waals surface area contributed by atoms with Crippen molar-refractivity contribution in [3.63, 3.8) is 0 Å². The maximum atomic E-state index is 11.9. The van der Waals surface area contributed by atoms with Gasteiger partial charge in [0.15, 0.2) is 0 Å². The Morgan fingerprint density at radius 3 is 3.00 bits per heavy atom. The molecule has 3 rings (SSSR count). The van der Waals surface area contributed by atoms with Gasteiger partial charge in [0, 0.05) is 37.1 Å². The molecule has 5 nitrogen and oxygen atoms in total. The van der Waals surface area contributed by atoms with Crippen LogP contribution >= 0.6 is 0 Å². The molecule has 1 unspecified atom stereocenters. The first-order valence-corrected chi connectivity index (χ1v) is 7.27. The van der Waals surface area contributed by atoms with Gasteiger partial charge in [0.2, 0.25) is 5.91 Å². The highest BCUT2D eigenvalue weighted by Gasteiger charge is 2.29. The molecular formula is C16H21N3O2. The minimum absolute atomic E-state index is 0.0190. The number of anilines is 2. The van der Waals surface area contributed by atoms with Crippen molar-refractivity contribution in [1.29, 1.82) is 0 Å². The van der Waals surface area contributed by atoms with Gasteiger partial charge in [0.1, 0.15) is 6.04 Å². The van der Waals surface area contributed by atoms with Crippen LogP contribution in [0.5, 0.6) is 0 Å². The smallest absolute Gasteiger partial charge is 0.246 e. The zero-order valence-electron chi connectivity index (χ0n) is 12.5. The number of methoxy groups -OCH3 is 1. The fraction of sp³-hybridized carbons (Fsp3) is 0.438. The molecule has 0 aliphatic carbocycles. The van der Waals surface area contributed by atoms with E-state index in [0.717, 1.165) is 43.1 Å². The molecule has 0 fully saturated rings. The minimum atomic E-state index is -0.233. The molecule has 0 bridgehead atoms. The molecule has 2 heterocycles. The summed E-state index contributed by atoms with van der Waals surface area (Å²) in [6, 6.07) is 5.97. The lowest BCUT2D eigenvalue weighted by Gasteiger charge is -2.28. The summed E-state index contributed by atoms with van der Waals surface area (Å²) in [7, 11) is 3.54. The van der Waals surface area contributed by atoms with Gasteiger partial charge in [-0.25, -0.2) is 0 Å². The Bertz CT molecular complexity index is 583. The zero-order valence-corrected chi connectivity index (χ0v) is 12.5. The summed E-state index contributed by atoms with van der Waals surface area (Å²) >= 11 is 0. The highest BCUT2D eigenvalue weighted by Crippen LogP contribution is 2.34. The Labute approximate surface area is 125 Å². The summed E-state index contributed by atoms with van der Waals surface area (Å²) in [5, 5.41) is 5.98. The number of ether oxygens (including phenoxy) is 1. The van der Waals surface area contributed by atoms with Gasteiger partial charge in [-0.3, -0.25) is 4.79 Å². The fourth-order valence-corrected chi connectivity index (χ4v) is 3.00. The number of rotatable bonds is 4. The molecule has 0 spiro atoms. The first-order chi connectivity index (χ1) is 10.2. The number of hydrogen-bond acceptors (Lipinski definition) is 4. The largest absolute Gasteiger partial charge is 0.380 e. The SMILES string of the molecule is CNC1C(=O)Nc2cc(N3CC=C(COC)CC3)ccc21. The maximum absolute atomic E-state index is 11.9. The van der Waals surface area contributed by atoms with Gasteiger partial charge in [0.25, 0.3) is 0 Å². The Hall–Kier alpha value is -1.85. The van der Waals surface area contributed by atoms with Crippen LogP contribution in [0.2, 0.25) is 0 Å². The third kappa shape index (κ3) is 2.66. The number of nitrogens with one attached hydrogen (secondary N) is 2. The number of fused-ring (bicyclic) bond motifs is 1. The average Bonchev–Trinajstić information content (AvgIpc) is 2.82. The van der Waals surface area contributed by atoms with Crippen LogP contribution in [-0.4, -0.2) is 39.8 Å². The van der Waals surface area contributed by atoms with E-state index in [1.165, 1.54) is 5.57 Å². The van der Waals surface area contributed by atoms with Gasteiger partial charge in [-0.05, 0) is 31.2 Å². The van der Waals surface area contributed by atoms with Crippen LogP contribution in [0.1, 0.15) is 18.0 Å². The van der Waals surface area contributed by atoms with Gasteiger partial charge in [-0.1, -0.05) is 12.1 Å². The van der Waals surface area contributed by atoms with Crippen molar-refractivity contribution >= 4 is 17.3 Å². The zero-order chi connectivity index (χ0) is 14.8. The molecule has 1 amide bonds. The van der Waals surface area contributed by atoms with E-state index >= 15 is 0 Å². The third-order valence-electron chi connectivity index (χ3n) is 4.15. The predicted molar refractivity (Wildman–Crippen MR) is 83.7 cm³/mol. The molecule has 1 atom stereocenters. The Morgan fingerprint density at radius 2 is 2.33 bits per heavy atom. The van der Waals surface area contributed by atoms with Crippen molar-refractivity contribution in [3.8, 4) is 0 Å². The van der Waals surface area contributed by atoms with Gasteiger partial charge in [-0.15, -0.1) is 0 Å². The molecule has 0 saturated heterocycles. The van der Waals surface area contributed by atoms with E-state index in [1.807, 2.05) is 6.07 Å². The van der Waals surface area contributed by atoms with Crippen molar-refractivity contribution in [1.82, 2.24) is 5.32 Å². The molecular weight excluding hydrogens is 266 g/mol. The lowest BCUT2D eigenvalue weighted by molar-refractivity contribution is -0.117. The molecule has 21 heavy (non-hydrogen) atoms. The first-order valence-electron chi connectivity index (χ1n) is 7.27. The number of amides is 1. The van der Waals surface area contributed by atoms with E-state index in [2.05, 4.69) is 33.7 Å². The van der Waals surface area contributed by atoms with E-state index in [0.29, 0.717) is 0 Å². The molecule has 0 saturated carbocycles. The molecule has 1 aromatic rings. The van der Waals surface area contributed by atoms with Crippen molar-refractivity contribution in [2.75, 3.05) is 44.1 Å². The Kier molecular flexibility index (Phi) is 3.94. The molecule has 0 aromatic heterocycles. The number of carbonyl (C=O) groups excluding carboxylic acids is 1. The van der Waals surface area contributed by atoms with Crippen molar-refractivity contribution < 1.29 is 9.53 Å². The fourth-order valence-electron chi connectivity index (χ4n) is 3.00. The normalized spacial score (nSPS) is 21.0. The standard InChI is InChI=1S/C16H21N3O2/c1-17-15-13-4-3-12(9-14(13)18-16(15)20)19-7-5-11(6-8-19)10-21-2/h3-5,9,15,17H,6-8,10H2,1-2H3,(H,18,20). The topological polar surface area (TPSA) is 53.6 Å². The average molecular weight is 287 g/mol. The number of nitrogens with zero attached hydrogens (tertiary/aromatic N) is 1. The molecule has 2 aliphatic rings. The van der Waals surface area contributed by atoms with E-state index in [4.69, 9.17) is 4.74 Å². The first kappa shape index (κ1) is 14.1. The number of carbonyl (C=O) groups is 1. The molecule has 5 heteroatoms. The van der Waals surface area contributed by atoms with E-state index in [1.54, 1.807) is 14.2 Å². The lowest BCUT2D eigenvalue weighted by atomic mass is 10.1.